The van der Waals surface area contributed by atoms with E-state index in [0.29, 0.717) is 0 Å². The van der Waals surface area contributed by atoms with Crippen molar-refractivity contribution in [3.05, 3.63) is 23.8 Å². The predicted molar refractivity (Wildman–Crippen MR) is 50.9 cm³/mol. The van der Waals surface area contributed by atoms with Crippen molar-refractivity contribution in [2.45, 2.75) is 33.6 Å². The topological polar surface area (TPSA) is 17.1 Å². The van der Waals surface area contributed by atoms with Gasteiger partial charge in [-0.1, -0.05) is 39.0 Å². The largest absolute Gasteiger partial charge is 0.294 e. The highest BCUT2D eigenvalue weighted by Crippen LogP contribution is 2.22. The quantitative estimate of drug-likeness (QED) is 0.582. The first-order valence-corrected chi connectivity index (χ1v) is 4.43. The summed E-state index contributed by atoms with van der Waals surface area (Å²) in [7, 11) is 0. The van der Waals surface area contributed by atoms with Crippen LogP contribution >= 0.6 is 0 Å². The number of carbonyl (C=O) groups is 1. The molecule has 0 fully saturated rings. The SMILES string of the molecule is CC(C)(C)C(=O)C1=CCCC=C1. The second kappa shape index (κ2) is 3.26. The van der Waals surface area contributed by atoms with Gasteiger partial charge in [0, 0.05) is 11.0 Å². The van der Waals surface area contributed by atoms with Crippen molar-refractivity contribution in [1.29, 1.82) is 0 Å². The second-order valence-electron chi connectivity index (χ2n) is 4.22. The molecule has 0 amide bonds. The fraction of sp³-hybridized carbons (Fsp3) is 0.545. The number of Topliss-reactive ketones (excluding diaryl/α,β-unsaturated/α-hetero) is 1. The van der Waals surface area contributed by atoms with Crippen LogP contribution in [0.15, 0.2) is 23.8 Å². The van der Waals surface area contributed by atoms with E-state index in [0.717, 1.165) is 18.4 Å². The number of hydrogen-bond donors (Lipinski definition) is 0. The van der Waals surface area contributed by atoms with Gasteiger partial charge in [-0.15, -0.1) is 0 Å². The summed E-state index contributed by atoms with van der Waals surface area (Å²) in [6, 6.07) is 0. The van der Waals surface area contributed by atoms with E-state index in [-0.39, 0.29) is 11.2 Å². The van der Waals surface area contributed by atoms with E-state index in [1.165, 1.54) is 0 Å². The lowest BCUT2D eigenvalue weighted by atomic mass is 9.85. The van der Waals surface area contributed by atoms with Crippen LogP contribution in [0.25, 0.3) is 0 Å². The summed E-state index contributed by atoms with van der Waals surface area (Å²) >= 11 is 0. The summed E-state index contributed by atoms with van der Waals surface area (Å²) in [6.07, 6.45) is 8.12. The third kappa shape index (κ3) is 2.07. The lowest BCUT2D eigenvalue weighted by Gasteiger charge is -2.18. The fourth-order valence-electron chi connectivity index (χ4n) is 1.21. The van der Waals surface area contributed by atoms with Crippen molar-refractivity contribution in [2.24, 2.45) is 5.41 Å². The normalized spacial score (nSPS) is 17.4. The molecule has 0 saturated carbocycles. The van der Waals surface area contributed by atoms with Crippen LogP contribution in [-0.2, 0) is 4.79 Å². The smallest absolute Gasteiger partial charge is 0.167 e. The van der Waals surface area contributed by atoms with Crippen LogP contribution < -0.4 is 0 Å². The highest BCUT2D eigenvalue weighted by Gasteiger charge is 2.23. The molecule has 0 aromatic heterocycles. The number of carbonyl (C=O) groups excluding carboxylic acids is 1. The Bertz CT molecular complexity index is 238. The molecule has 1 aliphatic carbocycles. The Morgan fingerprint density at radius 2 is 2.00 bits per heavy atom. The zero-order valence-electron chi connectivity index (χ0n) is 8.05. The first-order chi connectivity index (χ1) is 5.52. The Morgan fingerprint density at radius 3 is 2.42 bits per heavy atom. The lowest BCUT2D eigenvalue weighted by molar-refractivity contribution is -0.122. The Hall–Kier alpha value is -0.850. The number of allylic oxidation sites excluding steroid dienone is 4. The van der Waals surface area contributed by atoms with E-state index in [9.17, 15) is 4.79 Å². The highest BCUT2D eigenvalue weighted by atomic mass is 16.1. The molecule has 0 N–H and O–H groups in total. The molecule has 0 atom stereocenters. The van der Waals surface area contributed by atoms with Crippen molar-refractivity contribution in [2.75, 3.05) is 0 Å². The summed E-state index contributed by atoms with van der Waals surface area (Å²) < 4.78 is 0. The minimum absolute atomic E-state index is 0.243. The average Bonchev–Trinajstić information content (AvgIpc) is 2.03. The highest BCUT2D eigenvalue weighted by molar-refractivity contribution is 6.01. The van der Waals surface area contributed by atoms with E-state index < -0.39 is 0 Å². The summed E-state index contributed by atoms with van der Waals surface area (Å²) in [5.74, 6) is 0.249. The molecule has 1 nitrogen and oxygen atoms in total. The summed E-state index contributed by atoms with van der Waals surface area (Å²) in [4.78, 5) is 11.7. The molecule has 1 rings (SSSR count). The van der Waals surface area contributed by atoms with Gasteiger partial charge in [-0.05, 0) is 12.8 Å². The first-order valence-electron chi connectivity index (χ1n) is 4.43. The first kappa shape index (κ1) is 9.24. The summed E-state index contributed by atoms with van der Waals surface area (Å²) in [5, 5.41) is 0. The molecule has 0 unspecified atom stereocenters. The molecular formula is C11H16O. The maximum absolute atomic E-state index is 11.7. The maximum atomic E-state index is 11.7. The molecule has 0 saturated heterocycles. The molecule has 12 heavy (non-hydrogen) atoms. The van der Waals surface area contributed by atoms with Gasteiger partial charge >= 0.3 is 0 Å². The van der Waals surface area contributed by atoms with Gasteiger partial charge in [0.2, 0.25) is 0 Å². The van der Waals surface area contributed by atoms with Crippen molar-refractivity contribution in [3.8, 4) is 0 Å². The van der Waals surface area contributed by atoms with Gasteiger partial charge in [0.25, 0.3) is 0 Å². The van der Waals surface area contributed by atoms with Gasteiger partial charge in [-0.3, -0.25) is 4.79 Å². The monoisotopic (exact) mass is 164 g/mol. The predicted octanol–water partition coefficient (Wildman–Crippen LogP) is 2.88. The molecule has 0 heterocycles. The van der Waals surface area contributed by atoms with Crippen LogP contribution in [0.1, 0.15) is 33.6 Å². The van der Waals surface area contributed by atoms with Gasteiger partial charge in [0.05, 0.1) is 0 Å². The molecule has 1 heteroatoms. The van der Waals surface area contributed by atoms with Crippen LogP contribution in [0.4, 0.5) is 0 Å². The van der Waals surface area contributed by atoms with Crippen LogP contribution in [0.2, 0.25) is 0 Å². The van der Waals surface area contributed by atoms with Crippen molar-refractivity contribution < 1.29 is 4.79 Å². The Labute approximate surface area is 74.2 Å². The van der Waals surface area contributed by atoms with E-state index in [2.05, 4.69) is 6.08 Å². The Balaban J connectivity index is 2.77. The molecule has 0 radical (unpaired) electrons. The molecule has 1 aliphatic rings. The number of ketones is 1. The molecule has 66 valence electrons. The van der Waals surface area contributed by atoms with E-state index in [1.807, 2.05) is 32.9 Å². The zero-order valence-corrected chi connectivity index (χ0v) is 8.05. The summed E-state index contributed by atoms with van der Waals surface area (Å²) in [5.41, 5.74) is 0.641. The average molecular weight is 164 g/mol. The molecule has 0 aromatic carbocycles. The number of hydrogen-bond acceptors (Lipinski definition) is 1. The third-order valence-electron chi connectivity index (χ3n) is 1.94. The van der Waals surface area contributed by atoms with Crippen LogP contribution in [0.3, 0.4) is 0 Å². The molecule has 0 bridgehead atoms. The van der Waals surface area contributed by atoms with E-state index >= 15 is 0 Å². The minimum Gasteiger partial charge on any atom is -0.294 e. The third-order valence-corrected chi connectivity index (χ3v) is 1.94. The maximum Gasteiger partial charge on any atom is 0.167 e. The number of rotatable bonds is 1. The van der Waals surface area contributed by atoms with Gasteiger partial charge in [0.1, 0.15) is 0 Å². The molecule has 0 aliphatic heterocycles. The second-order valence-corrected chi connectivity index (χ2v) is 4.22. The minimum atomic E-state index is -0.243. The Morgan fingerprint density at radius 1 is 1.33 bits per heavy atom. The van der Waals surface area contributed by atoms with E-state index in [4.69, 9.17) is 0 Å². The van der Waals surface area contributed by atoms with Gasteiger partial charge in [-0.2, -0.15) is 0 Å². The van der Waals surface area contributed by atoms with Gasteiger partial charge in [-0.25, -0.2) is 0 Å². The van der Waals surface area contributed by atoms with Crippen LogP contribution in [0.5, 0.6) is 0 Å². The van der Waals surface area contributed by atoms with Crippen LogP contribution in [0, 0.1) is 5.41 Å². The standard InChI is InChI=1S/C11H16O/c1-11(2,3)10(12)9-7-5-4-6-8-9/h5,7-8H,4,6H2,1-3H3. The zero-order chi connectivity index (χ0) is 9.19. The van der Waals surface area contributed by atoms with Crippen molar-refractivity contribution in [3.63, 3.8) is 0 Å². The van der Waals surface area contributed by atoms with Crippen LogP contribution in [-0.4, -0.2) is 5.78 Å². The Kier molecular flexibility index (Phi) is 2.51. The molecular weight excluding hydrogens is 148 g/mol. The van der Waals surface area contributed by atoms with Gasteiger partial charge in [0.15, 0.2) is 5.78 Å². The van der Waals surface area contributed by atoms with E-state index in [1.54, 1.807) is 0 Å². The summed E-state index contributed by atoms with van der Waals surface area (Å²) in [6.45, 7) is 5.87. The van der Waals surface area contributed by atoms with Crippen molar-refractivity contribution >= 4 is 5.78 Å². The fourth-order valence-corrected chi connectivity index (χ4v) is 1.21. The molecule has 0 aromatic rings. The molecule has 0 spiro atoms. The lowest BCUT2D eigenvalue weighted by Crippen LogP contribution is -2.21. The van der Waals surface area contributed by atoms with Gasteiger partial charge < -0.3 is 0 Å². The van der Waals surface area contributed by atoms with Crippen molar-refractivity contribution in [1.82, 2.24) is 0 Å².